The van der Waals surface area contributed by atoms with Crippen LogP contribution in [0.1, 0.15) is 32.3 Å². The van der Waals surface area contributed by atoms with Gasteiger partial charge in [-0.2, -0.15) is 0 Å². The lowest BCUT2D eigenvalue weighted by Crippen LogP contribution is -2.59. The van der Waals surface area contributed by atoms with Crippen molar-refractivity contribution in [3.05, 3.63) is 35.9 Å². The predicted molar refractivity (Wildman–Crippen MR) is 67.6 cm³/mol. The normalized spacial score (nSPS) is 33.6. The fraction of sp³-hybridized carbons (Fsp3) is 0.571. The second-order valence-electron chi connectivity index (χ2n) is 4.78. The van der Waals surface area contributed by atoms with Gasteiger partial charge in [0, 0.05) is 11.6 Å². The zero-order valence-corrected chi connectivity index (χ0v) is 10.5. The minimum atomic E-state index is -1.19. The number of nitrogens with one attached hydrogen (secondary N) is 1. The summed E-state index contributed by atoms with van der Waals surface area (Å²) in [5.41, 5.74) is 0.831. The molecule has 2 rings (SSSR count). The lowest BCUT2D eigenvalue weighted by atomic mass is 9.92. The molecule has 0 radical (unpaired) electrons. The van der Waals surface area contributed by atoms with Crippen LogP contribution in [0.3, 0.4) is 0 Å². The third-order valence-corrected chi connectivity index (χ3v) is 3.28. The zero-order valence-electron chi connectivity index (χ0n) is 10.5. The fourth-order valence-electron chi connectivity index (χ4n) is 2.39. The molecule has 17 heavy (non-hydrogen) atoms. The molecule has 1 saturated heterocycles. The van der Waals surface area contributed by atoms with Crippen molar-refractivity contribution in [1.29, 1.82) is 0 Å². The standard InChI is InChI=1S/C14H21NO2/c1-3-7-13-14(16,17-10-11(2)15-13)12-8-5-4-6-9-12/h4-6,8-9,11,13,15-16H,3,7,10H2,1-2H3. The molecule has 94 valence electrons. The Labute approximate surface area is 103 Å². The molecule has 0 bridgehead atoms. The molecule has 3 nitrogen and oxygen atoms in total. The Bertz CT molecular complexity index is 354. The second-order valence-corrected chi connectivity index (χ2v) is 4.78. The maximum atomic E-state index is 10.8. The summed E-state index contributed by atoms with van der Waals surface area (Å²) in [7, 11) is 0. The van der Waals surface area contributed by atoms with Gasteiger partial charge < -0.3 is 15.2 Å². The lowest BCUT2D eigenvalue weighted by Gasteiger charge is -2.43. The highest BCUT2D eigenvalue weighted by atomic mass is 16.6. The average Bonchev–Trinajstić information content (AvgIpc) is 2.35. The van der Waals surface area contributed by atoms with Gasteiger partial charge in [-0.1, -0.05) is 43.7 Å². The van der Waals surface area contributed by atoms with Crippen LogP contribution in [0.15, 0.2) is 30.3 Å². The number of ether oxygens (including phenoxy) is 1. The van der Waals surface area contributed by atoms with E-state index in [0.717, 1.165) is 18.4 Å². The Balaban J connectivity index is 2.26. The molecule has 2 N–H and O–H groups in total. The van der Waals surface area contributed by atoms with Gasteiger partial charge >= 0.3 is 0 Å². The van der Waals surface area contributed by atoms with Crippen LogP contribution in [0.5, 0.6) is 0 Å². The quantitative estimate of drug-likeness (QED) is 0.842. The fourth-order valence-corrected chi connectivity index (χ4v) is 2.39. The molecule has 0 aliphatic carbocycles. The van der Waals surface area contributed by atoms with Crippen molar-refractivity contribution in [3.63, 3.8) is 0 Å². The molecule has 0 saturated carbocycles. The average molecular weight is 235 g/mol. The van der Waals surface area contributed by atoms with E-state index in [2.05, 4.69) is 19.2 Å². The molecular weight excluding hydrogens is 214 g/mol. The van der Waals surface area contributed by atoms with Crippen molar-refractivity contribution in [1.82, 2.24) is 5.32 Å². The van der Waals surface area contributed by atoms with Crippen LogP contribution in [-0.4, -0.2) is 23.8 Å². The van der Waals surface area contributed by atoms with Gasteiger partial charge in [-0.25, -0.2) is 0 Å². The molecule has 1 heterocycles. The van der Waals surface area contributed by atoms with Crippen molar-refractivity contribution in [3.8, 4) is 0 Å². The third kappa shape index (κ3) is 2.51. The van der Waals surface area contributed by atoms with Crippen LogP contribution >= 0.6 is 0 Å². The molecule has 0 aromatic heterocycles. The summed E-state index contributed by atoms with van der Waals surface area (Å²) < 4.78 is 5.72. The highest BCUT2D eigenvalue weighted by Crippen LogP contribution is 2.32. The summed E-state index contributed by atoms with van der Waals surface area (Å²) in [5, 5.41) is 14.2. The maximum Gasteiger partial charge on any atom is 0.208 e. The number of rotatable bonds is 3. The van der Waals surface area contributed by atoms with E-state index in [1.54, 1.807) is 0 Å². The van der Waals surface area contributed by atoms with Gasteiger partial charge in [-0.3, -0.25) is 0 Å². The van der Waals surface area contributed by atoms with Crippen LogP contribution in [0, 0.1) is 0 Å². The van der Waals surface area contributed by atoms with Gasteiger partial charge in [0.05, 0.1) is 12.6 Å². The topological polar surface area (TPSA) is 41.5 Å². The lowest BCUT2D eigenvalue weighted by molar-refractivity contribution is -0.257. The van der Waals surface area contributed by atoms with Crippen molar-refractivity contribution in [2.24, 2.45) is 0 Å². The van der Waals surface area contributed by atoms with Crippen LogP contribution < -0.4 is 5.32 Å². The van der Waals surface area contributed by atoms with Gasteiger partial charge in [0.2, 0.25) is 5.79 Å². The largest absolute Gasteiger partial charge is 0.361 e. The first-order chi connectivity index (χ1) is 8.16. The molecule has 0 spiro atoms. The number of aliphatic hydroxyl groups is 1. The highest BCUT2D eigenvalue weighted by Gasteiger charge is 2.43. The molecule has 3 unspecified atom stereocenters. The van der Waals surface area contributed by atoms with E-state index < -0.39 is 5.79 Å². The van der Waals surface area contributed by atoms with E-state index >= 15 is 0 Å². The number of morpholine rings is 1. The molecular formula is C14H21NO2. The molecule has 1 aliphatic rings. The highest BCUT2D eigenvalue weighted by molar-refractivity contribution is 5.22. The first-order valence-electron chi connectivity index (χ1n) is 6.34. The van der Waals surface area contributed by atoms with E-state index in [9.17, 15) is 5.11 Å². The monoisotopic (exact) mass is 235 g/mol. The van der Waals surface area contributed by atoms with E-state index in [-0.39, 0.29) is 12.1 Å². The van der Waals surface area contributed by atoms with Gasteiger partial charge in [0.15, 0.2) is 0 Å². The maximum absolute atomic E-state index is 10.8. The Morgan fingerprint density at radius 3 is 2.76 bits per heavy atom. The van der Waals surface area contributed by atoms with Crippen LogP contribution in [-0.2, 0) is 10.5 Å². The SMILES string of the molecule is CCCC1NC(C)COC1(O)c1ccccc1. The molecule has 0 amide bonds. The summed E-state index contributed by atoms with van der Waals surface area (Å²) >= 11 is 0. The Kier molecular flexibility index (Phi) is 3.82. The molecule has 1 fully saturated rings. The third-order valence-electron chi connectivity index (χ3n) is 3.28. The summed E-state index contributed by atoms with van der Waals surface area (Å²) in [5.74, 6) is -1.19. The predicted octanol–water partition coefficient (Wildman–Crippen LogP) is 2.01. The summed E-state index contributed by atoms with van der Waals surface area (Å²) in [6.07, 6.45) is 1.92. The van der Waals surface area contributed by atoms with Gasteiger partial charge in [0.25, 0.3) is 0 Å². The van der Waals surface area contributed by atoms with Gasteiger partial charge in [-0.15, -0.1) is 0 Å². The van der Waals surface area contributed by atoms with Crippen molar-refractivity contribution >= 4 is 0 Å². The van der Waals surface area contributed by atoms with Gasteiger partial charge in [-0.05, 0) is 13.3 Å². The Morgan fingerprint density at radius 2 is 2.12 bits per heavy atom. The van der Waals surface area contributed by atoms with Gasteiger partial charge in [0.1, 0.15) is 0 Å². The van der Waals surface area contributed by atoms with E-state index in [1.807, 2.05) is 30.3 Å². The minimum absolute atomic E-state index is 0.0429. The molecule has 1 aromatic carbocycles. The molecule has 1 aliphatic heterocycles. The van der Waals surface area contributed by atoms with Crippen molar-refractivity contribution in [2.75, 3.05) is 6.61 Å². The number of benzene rings is 1. The molecule has 3 atom stereocenters. The zero-order chi connectivity index (χ0) is 12.3. The summed E-state index contributed by atoms with van der Waals surface area (Å²) in [4.78, 5) is 0. The smallest absolute Gasteiger partial charge is 0.208 e. The van der Waals surface area contributed by atoms with E-state index in [1.165, 1.54) is 0 Å². The Hall–Kier alpha value is -0.900. The summed E-state index contributed by atoms with van der Waals surface area (Å²) in [6.45, 7) is 4.73. The number of hydrogen-bond acceptors (Lipinski definition) is 3. The van der Waals surface area contributed by atoms with Crippen molar-refractivity contribution in [2.45, 2.75) is 44.6 Å². The summed E-state index contributed by atoms with van der Waals surface area (Å²) in [6, 6.07) is 9.88. The molecule has 3 heteroatoms. The van der Waals surface area contributed by atoms with Crippen LogP contribution in [0.4, 0.5) is 0 Å². The molecule has 1 aromatic rings. The minimum Gasteiger partial charge on any atom is -0.361 e. The first-order valence-corrected chi connectivity index (χ1v) is 6.34. The second kappa shape index (κ2) is 5.17. The van der Waals surface area contributed by atoms with Crippen LogP contribution in [0.2, 0.25) is 0 Å². The van der Waals surface area contributed by atoms with E-state index in [0.29, 0.717) is 6.61 Å². The Morgan fingerprint density at radius 1 is 1.41 bits per heavy atom. The van der Waals surface area contributed by atoms with E-state index in [4.69, 9.17) is 4.74 Å². The van der Waals surface area contributed by atoms with Crippen LogP contribution in [0.25, 0.3) is 0 Å². The first kappa shape index (κ1) is 12.6. The number of hydrogen-bond donors (Lipinski definition) is 2. The van der Waals surface area contributed by atoms with Crippen molar-refractivity contribution < 1.29 is 9.84 Å².